The van der Waals surface area contributed by atoms with Gasteiger partial charge in [-0.1, -0.05) is 0 Å². The Labute approximate surface area is 151 Å². The first-order chi connectivity index (χ1) is 6.25. The summed E-state index contributed by atoms with van der Waals surface area (Å²) in [6.45, 7) is 0. The van der Waals surface area contributed by atoms with Gasteiger partial charge in [-0.15, -0.1) is 0 Å². The summed E-state index contributed by atoms with van der Waals surface area (Å²) in [7, 11) is 0. The summed E-state index contributed by atoms with van der Waals surface area (Å²) in [6, 6.07) is 0. The van der Waals surface area contributed by atoms with Crippen LogP contribution >= 0.6 is 0 Å². The molecular weight excluding hydrogens is 228 g/mol. The van der Waals surface area contributed by atoms with Crippen LogP contribution in [-0.2, 0) is 19.2 Å². The molecule has 12 heteroatoms. The first-order valence-corrected chi connectivity index (χ1v) is 3.05. The molecule has 0 spiro atoms. The molecule has 0 aliphatic heterocycles. The van der Waals surface area contributed by atoms with Gasteiger partial charge in [-0.3, -0.25) is 0 Å². The van der Waals surface area contributed by atoms with Gasteiger partial charge in [0.05, 0.1) is 0 Å². The van der Waals surface area contributed by atoms with Crippen LogP contribution in [0.2, 0.25) is 0 Å². The Hall–Kier alpha value is 0.270. The van der Waals surface area contributed by atoms with E-state index in [1.165, 1.54) is 0 Å². The van der Waals surface area contributed by atoms with Crippen LogP contribution in [0.4, 0.5) is 0 Å². The molecule has 0 heterocycles. The molecule has 0 saturated heterocycles. The Morgan fingerprint density at radius 2 is 0.611 bits per heavy atom. The summed E-state index contributed by atoms with van der Waals surface area (Å²) in [6.07, 6.45) is -2.06. The van der Waals surface area contributed by atoms with Crippen molar-refractivity contribution in [3.05, 3.63) is 0 Å². The van der Waals surface area contributed by atoms with Crippen LogP contribution < -0.4 is 95.9 Å². The van der Waals surface area contributed by atoms with E-state index in [0.717, 1.165) is 0 Å². The van der Waals surface area contributed by atoms with Gasteiger partial charge in [0.15, 0.2) is 0 Å². The first-order valence-electron chi connectivity index (χ1n) is 3.05. The minimum absolute atomic E-state index is 0. The van der Waals surface area contributed by atoms with Gasteiger partial charge in [-0.2, -0.15) is 0 Å². The second-order valence-electron chi connectivity index (χ2n) is 1.84. The van der Waals surface area contributed by atoms with Crippen LogP contribution in [0.5, 0.6) is 0 Å². The molecule has 0 aromatic heterocycles. The molecule has 18 heavy (non-hydrogen) atoms. The van der Waals surface area contributed by atoms with E-state index in [1.807, 2.05) is 0 Å². The maximum atomic E-state index is 9.28. The van der Waals surface area contributed by atoms with E-state index >= 15 is 0 Å². The summed E-state index contributed by atoms with van der Waals surface area (Å²) in [5.74, 6) is -6.50. The Morgan fingerprint density at radius 3 is 0.611 bits per heavy atom. The van der Waals surface area contributed by atoms with Crippen LogP contribution in [0.3, 0.4) is 0 Å². The second kappa shape index (κ2) is 22.4. The Bertz CT molecular complexity index is 206. The molecule has 0 aromatic carbocycles. The fourth-order valence-electron chi connectivity index (χ4n) is 0.236. The molecule has 0 unspecified atom stereocenters. The normalized spacial score (nSPS) is 6.22. The fraction of sp³-hybridized carbons (Fsp3) is 0.333. The number of carbonyl (C=O) groups excluding carboxylic acids is 4. The predicted molar refractivity (Wildman–Crippen MR) is 29.3 cm³/mol. The van der Waals surface area contributed by atoms with Gasteiger partial charge < -0.3 is 39.6 Å². The third-order valence-corrected chi connectivity index (χ3v) is 0.577. The SMILES string of the molecule is O=C([O-])CC(=O)[O-].O=C([O-])CC(=O)[O-].[Li+].[Li+].[Li+].[Li+]. The van der Waals surface area contributed by atoms with E-state index in [4.69, 9.17) is 0 Å². The first kappa shape index (κ1) is 36.2. The third-order valence-electron chi connectivity index (χ3n) is 0.577. The van der Waals surface area contributed by atoms with Crippen molar-refractivity contribution in [1.82, 2.24) is 0 Å². The Balaban J connectivity index is -0.0000000327. The number of hydrogen-bond donors (Lipinski definition) is 0. The molecule has 0 aliphatic carbocycles. The predicted octanol–water partition coefficient (Wildman–Crippen LogP) is -18.2. The number of carboxylic acid groups (broad SMARTS) is 4. The van der Waals surface area contributed by atoms with Gasteiger partial charge in [0.1, 0.15) is 0 Å². The van der Waals surface area contributed by atoms with Crippen molar-refractivity contribution in [2.75, 3.05) is 0 Å². The van der Waals surface area contributed by atoms with E-state index in [1.54, 1.807) is 0 Å². The minimum Gasteiger partial charge on any atom is -0.550 e. The van der Waals surface area contributed by atoms with Gasteiger partial charge in [0.25, 0.3) is 0 Å². The van der Waals surface area contributed by atoms with Crippen LogP contribution in [0, 0.1) is 0 Å². The molecular formula is C6H4Li4O8. The summed E-state index contributed by atoms with van der Waals surface area (Å²) in [5.41, 5.74) is 0. The fourth-order valence-corrected chi connectivity index (χ4v) is 0.236. The van der Waals surface area contributed by atoms with E-state index in [2.05, 4.69) is 0 Å². The van der Waals surface area contributed by atoms with E-state index in [-0.39, 0.29) is 75.4 Å². The number of aliphatic carboxylic acids is 4. The maximum Gasteiger partial charge on any atom is 1.00 e. The monoisotopic (exact) mass is 232 g/mol. The molecule has 0 bridgehead atoms. The molecule has 0 aromatic rings. The minimum atomic E-state index is -1.63. The quantitative estimate of drug-likeness (QED) is 0.340. The van der Waals surface area contributed by atoms with Crippen LogP contribution in [0.15, 0.2) is 0 Å². The number of hydrogen-bond acceptors (Lipinski definition) is 8. The van der Waals surface area contributed by atoms with Crippen molar-refractivity contribution in [3.8, 4) is 0 Å². The van der Waals surface area contributed by atoms with Crippen LogP contribution in [0.1, 0.15) is 12.8 Å². The van der Waals surface area contributed by atoms with Gasteiger partial charge in [0, 0.05) is 36.7 Å². The number of rotatable bonds is 4. The smallest absolute Gasteiger partial charge is 0.550 e. The maximum absolute atomic E-state index is 9.28. The molecule has 0 atom stereocenters. The summed E-state index contributed by atoms with van der Waals surface area (Å²) >= 11 is 0. The summed E-state index contributed by atoms with van der Waals surface area (Å²) in [5, 5.41) is 37.1. The Kier molecular flexibility index (Phi) is 45.1. The molecule has 0 rings (SSSR count). The van der Waals surface area contributed by atoms with Crippen molar-refractivity contribution in [2.45, 2.75) is 12.8 Å². The van der Waals surface area contributed by atoms with Crippen molar-refractivity contribution >= 4 is 23.9 Å². The molecule has 0 N–H and O–H groups in total. The van der Waals surface area contributed by atoms with Crippen molar-refractivity contribution in [3.63, 3.8) is 0 Å². The average molecular weight is 232 g/mol. The molecule has 0 fully saturated rings. The molecule has 0 radical (unpaired) electrons. The van der Waals surface area contributed by atoms with Crippen molar-refractivity contribution in [1.29, 1.82) is 0 Å². The topological polar surface area (TPSA) is 161 Å². The van der Waals surface area contributed by atoms with Gasteiger partial charge >= 0.3 is 75.4 Å². The van der Waals surface area contributed by atoms with Gasteiger partial charge in [-0.05, 0) is 0 Å². The molecule has 8 nitrogen and oxygen atoms in total. The second-order valence-corrected chi connectivity index (χ2v) is 1.84. The largest absolute Gasteiger partial charge is 1.00 e. The van der Waals surface area contributed by atoms with Gasteiger partial charge in [-0.25, -0.2) is 0 Å². The summed E-state index contributed by atoms with van der Waals surface area (Å²) in [4.78, 5) is 37.1. The van der Waals surface area contributed by atoms with E-state index in [0.29, 0.717) is 0 Å². The zero-order valence-electron chi connectivity index (χ0n) is 10.7. The van der Waals surface area contributed by atoms with E-state index in [9.17, 15) is 39.6 Å². The van der Waals surface area contributed by atoms with Gasteiger partial charge in [0.2, 0.25) is 0 Å². The van der Waals surface area contributed by atoms with Crippen LogP contribution in [0.25, 0.3) is 0 Å². The third kappa shape index (κ3) is 55.5. The molecule has 0 amide bonds. The summed E-state index contributed by atoms with van der Waals surface area (Å²) < 4.78 is 0. The number of carboxylic acids is 4. The Morgan fingerprint density at radius 1 is 0.500 bits per heavy atom. The zero-order valence-corrected chi connectivity index (χ0v) is 10.7. The molecule has 0 saturated carbocycles. The average Bonchev–Trinajstić information content (AvgIpc) is 1.79. The van der Waals surface area contributed by atoms with E-state index < -0.39 is 36.7 Å². The van der Waals surface area contributed by atoms with Crippen LogP contribution in [-0.4, -0.2) is 23.9 Å². The molecule has 80 valence electrons. The van der Waals surface area contributed by atoms with Crippen molar-refractivity contribution < 1.29 is 115 Å². The van der Waals surface area contributed by atoms with Crippen molar-refractivity contribution in [2.24, 2.45) is 0 Å². The molecule has 0 aliphatic rings. The number of carbonyl (C=O) groups is 4. The standard InChI is InChI=1S/2C3H4O4.4Li/c2*4-2(5)1-3(6)7;;;;/h2*1H2,(H,4,5)(H,6,7);;;;/q;;4*+1/p-4. The zero-order chi connectivity index (χ0) is 11.7.